The summed E-state index contributed by atoms with van der Waals surface area (Å²) in [5.74, 6) is 2.08. The van der Waals surface area contributed by atoms with Gasteiger partial charge < -0.3 is 68.5 Å². The topological polar surface area (TPSA) is 275 Å². The Morgan fingerprint density at radius 2 is 1.29 bits per heavy atom. The van der Waals surface area contributed by atoms with E-state index in [1.54, 1.807) is 13.8 Å². The number of nitrogens with zero attached hydrogens (tertiary/aromatic N) is 2. The Bertz CT molecular complexity index is 1880. The lowest BCUT2D eigenvalue weighted by atomic mass is 9.70. The molecule has 19 nitrogen and oxygen atoms in total. The van der Waals surface area contributed by atoms with E-state index in [4.69, 9.17) is 5.73 Å². The summed E-state index contributed by atoms with van der Waals surface area (Å²) in [7, 11) is 0. The monoisotopic (exact) mass is 1050 g/mol. The number of nitrogens with one attached hydrogen (secondary N) is 8. The second kappa shape index (κ2) is 35.9. The zero-order valence-electron chi connectivity index (χ0n) is 45.6. The van der Waals surface area contributed by atoms with Crippen molar-refractivity contribution >= 4 is 29.5 Å². The quantitative estimate of drug-likeness (QED) is 0.0567. The van der Waals surface area contributed by atoms with E-state index in [1.807, 2.05) is 0 Å². The molecule has 4 heterocycles. The summed E-state index contributed by atoms with van der Waals surface area (Å²) in [6.45, 7) is 20.3. The van der Waals surface area contributed by atoms with E-state index in [2.05, 4.69) is 89.8 Å². The van der Waals surface area contributed by atoms with Gasteiger partial charge in [-0.3, -0.25) is 28.9 Å². The summed E-state index contributed by atoms with van der Waals surface area (Å²) >= 11 is 0. The second-order valence-corrected chi connectivity index (χ2v) is 21.7. The van der Waals surface area contributed by atoms with Gasteiger partial charge in [0.15, 0.2) is 0 Å². The van der Waals surface area contributed by atoms with Gasteiger partial charge >= 0.3 is 0 Å². The first-order chi connectivity index (χ1) is 36.1. The molecule has 0 radical (unpaired) electrons. The molecule has 19 heteroatoms. The molecule has 0 spiro atoms. The highest BCUT2D eigenvalue weighted by molar-refractivity contribution is 5.92. The van der Waals surface area contributed by atoms with Gasteiger partial charge in [0.25, 0.3) is 0 Å². The summed E-state index contributed by atoms with van der Waals surface area (Å²) in [6, 6.07) is 9.30. The number of carbonyl (C=O) groups is 5. The van der Waals surface area contributed by atoms with Crippen LogP contribution in [0.5, 0.6) is 0 Å². The van der Waals surface area contributed by atoms with E-state index in [9.17, 15) is 39.3 Å². The molecule has 6 aliphatic rings. The van der Waals surface area contributed by atoms with Crippen molar-refractivity contribution in [3.63, 3.8) is 0 Å². The van der Waals surface area contributed by atoms with E-state index in [-0.39, 0.29) is 62.3 Å². The predicted octanol–water partition coefficient (Wildman–Crippen LogP) is 0.822. The van der Waals surface area contributed by atoms with E-state index in [0.29, 0.717) is 87.6 Å². The average molecular weight is 1050 g/mol. The Morgan fingerprint density at radius 1 is 0.733 bits per heavy atom. The summed E-state index contributed by atoms with van der Waals surface area (Å²) in [5, 5.41) is 54.2. The number of nitrogens with two attached hydrogens (primary N) is 1. The number of piperazine rings is 1. The van der Waals surface area contributed by atoms with Crippen molar-refractivity contribution in [2.45, 2.75) is 135 Å². The number of fused-ring (bicyclic) bond motifs is 2. The van der Waals surface area contributed by atoms with Gasteiger partial charge in [0, 0.05) is 141 Å². The molecule has 4 saturated heterocycles. The lowest BCUT2D eigenvalue weighted by molar-refractivity contribution is -0.122. The molecule has 4 aliphatic heterocycles. The van der Waals surface area contributed by atoms with Crippen molar-refractivity contribution in [3.05, 3.63) is 59.7 Å². The smallest absolute Gasteiger partial charge is 0.246 e. The van der Waals surface area contributed by atoms with E-state index in [0.717, 1.165) is 63.9 Å². The van der Waals surface area contributed by atoms with Crippen LogP contribution in [-0.4, -0.2) is 184 Å². The number of hydrogen-bond acceptors (Lipinski definition) is 14. The number of rotatable bonds is 22. The molecule has 6 fully saturated rings. The van der Waals surface area contributed by atoms with Crippen LogP contribution in [0.1, 0.15) is 108 Å². The third kappa shape index (κ3) is 27.0. The van der Waals surface area contributed by atoms with Gasteiger partial charge in [-0.25, -0.2) is 0 Å². The summed E-state index contributed by atoms with van der Waals surface area (Å²) in [4.78, 5) is 63.9. The van der Waals surface area contributed by atoms with E-state index in [1.165, 1.54) is 68.9 Å². The van der Waals surface area contributed by atoms with Crippen molar-refractivity contribution < 1.29 is 39.3 Å². The fourth-order valence-corrected chi connectivity index (χ4v) is 10.6. The van der Waals surface area contributed by atoms with Crippen LogP contribution in [0.25, 0.3) is 0 Å². The molecule has 424 valence electrons. The number of amides is 5. The first-order valence-electron chi connectivity index (χ1n) is 28.2. The number of hydrogen-bond donors (Lipinski definition) is 12. The maximum Gasteiger partial charge on any atom is 0.246 e. The molecule has 7 rings (SSSR count). The number of benzene rings is 1. The molecule has 4 atom stereocenters. The average Bonchev–Trinajstić information content (AvgIpc) is 3.40. The largest absolute Gasteiger partial charge is 0.390 e. The van der Waals surface area contributed by atoms with Crippen LogP contribution in [0.15, 0.2) is 48.6 Å². The molecule has 4 bridgehead atoms. The Balaban J connectivity index is 0.000000424. The highest BCUT2D eigenvalue weighted by Gasteiger charge is 2.31. The SMILES string of the molecule is C=C(C)C(=O)NCC(O)CNC(=O)CCN1CCN(CCN)CC1.C=C(C)C(=O)NCC(O)CNC(=O)CCNCc1cccc(CC2CCNCC(O)CNC(=O)CCNC3CCC(CC3)CC3CCC2CC3)c1. The zero-order valence-corrected chi connectivity index (χ0v) is 45.6. The Kier molecular flexibility index (Phi) is 30.3. The molecule has 0 aromatic heterocycles. The minimum Gasteiger partial charge on any atom is -0.390 e. The first kappa shape index (κ1) is 63.2. The van der Waals surface area contributed by atoms with Crippen LogP contribution in [0.2, 0.25) is 0 Å². The van der Waals surface area contributed by atoms with E-state index < -0.39 is 18.3 Å². The van der Waals surface area contributed by atoms with Crippen LogP contribution in [0, 0.1) is 23.7 Å². The minimum atomic E-state index is -0.862. The molecular weight excluding hydrogens is 955 g/mol. The van der Waals surface area contributed by atoms with Crippen LogP contribution in [0.3, 0.4) is 0 Å². The lowest BCUT2D eigenvalue weighted by Gasteiger charge is -2.37. The highest BCUT2D eigenvalue weighted by Crippen LogP contribution is 2.41. The van der Waals surface area contributed by atoms with Gasteiger partial charge in [-0.05, 0) is 113 Å². The zero-order chi connectivity index (χ0) is 54.4. The molecule has 2 aliphatic carbocycles. The van der Waals surface area contributed by atoms with Crippen molar-refractivity contribution in [2.24, 2.45) is 29.4 Å². The van der Waals surface area contributed by atoms with Crippen molar-refractivity contribution in [2.75, 3.05) is 105 Å². The molecule has 4 unspecified atom stereocenters. The molecule has 75 heavy (non-hydrogen) atoms. The van der Waals surface area contributed by atoms with Crippen LogP contribution in [-0.2, 0) is 36.9 Å². The van der Waals surface area contributed by atoms with Crippen molar-refractivity contribution in [3.8, 4) is 0 Å². The van der Waals surface area contributed by atoms with Crippen molar-refractivity contribution in [1.82, 2.24) is 52.3 Å². The van der Waals surface area contributed by atoms with E-state index >= 15 is 0 Å². The molecule has 1 aromatic carbocycles. The minimum absolute atomic E-state index is 0.00376. The van der Waals surface area contributed by atoms with Crippen LogP contribution < -0.4 is 48.3 Å². The van der Waals surface area contributed by atoms with Crippen LogP contribution in [0.4, 0.5) is 0 Å². The van der Waals surface area contributed by atoms with Gasteiger partial charge in [-0.1, -0.05) is 50.3 Å². The summed E-state index contributed by atoms with van der Waals surface area (Å²) in [5.41, 5.74) is 8.83. The first-order valence-corrected chi connectivity index (χ1v) is 28.2. The Hall–Kier alpha value is -4.31. The summed E-state index contributed by atoms with van der Waals surface area (Å²) in [6.07, 6.45) is 12.6. The molecule has 1 aromatic rings. The standard InChI is InChI=1S/C40H66N6O5.C16H31N5O3/c1-28(2)40(51)46-27-37(48)26-45-38(49)15-18-41-23-32-5-3-4-31(21-32)22-34-14-17-42-24-36(47)25-44-39(50)16-19-43-35-12-8-30(9-13-35)20-29-6-10-33(34)11-7-29;1-13(2)16(24)19-12-14(22)11-18-15(23)3-5-20-7-9-21(6-4-17)10-8-20/h3-5,21,29-30,33-37,41-43,47-48H,1,6-20,22-27H2,2H3,(H,44,50)(H,45,49)(H,46,51);14,22H,1,3-12,17H2,2H3,(H,18,23)(H,19,24). The fourth-order valence-electron chi connectivity index (χ4n) is 10.6. The molecular formula is C56H97N11O8. The molecule has 5 amide bonds. The highest BCUT2D eigenvalue weighted by atomic mass is 16.3. The maximum atomic E-state index is 12.3. The van der Waals surface area contributed by atoms with Gasteiger partial charge in [0.2, 0.25) is 29.5 Å². The van der Waals surface area contributed by atoms with Gasteiger partial charge in [-0.15, -0.1) is 0 Å². The van der Waals surface area contributed by atoms with Crippen LogP contribution >= 0.6 is 0 Å². The summed E-state index contributed by atoms with van der Waals surface area (Å²) < 4.78 is 0. The second-order valence-electron chi connectivity index (χ2n) is 21.7. The normalized spacial score (nSPS) is 24.2. The predicted molar refractivity (Wildman–Crippen MR) is 295 cm³/mol. The molecule has 2 saturated carbocycles. The fraction of sp³-hybridized carbons (Fsp3) is 0.732. The van der Waals surface area contributed by atoms with Gasteiger partial charge in [0.1, 0.15) is 0 Å². The van der Waals surface area contributed by atoms with Gasteiger partial charge in [-0.2, -0.15) is 0 Å². The number of aliphatic hydroxyl groups excluding tert-OH is 3. The molecule has 13 N–H and O–H groups in total. The maximum absolute atomic E-state index is 12.3. The lowest BCUT2D eigenvalue weighted by Crippen LogP contribution is -2.48. The third-order valence-electron chi connectivity index (χ3n) is 15.2. The number of aliphatic hydroxyl groups is 3. The third-order valence-corrected chi connectivity index (χ3v) is 15.2. The van der Waals surface area contributed by atoms with Crippen molar-refractivity contribution in [1.29, 1.82) is 0 Å². The van der Waals surface area contributed by atoms with Gasteiger partial charge in [0.05, 0.1) is 18.3 Å². The Morgan fingerprint density at radius 3 is 1.89 bits per heavy atom. The number of carbonyl (C=O) groups excluding carboxylic acids is 5. The Labute approximate surface area is 448 Å².